The second kappa shape index (κ2) is 9.83. The second-order valence-corrected chi connectivity index (χ2v) is 8.55. The van der Waals surface area contributed by atoms with E-state index in [0.29, 0.717) is 17.1 Å². The van der Waals surface area contributed by atoms with Crippen LogP contribution in [-0.2, 0) is 24.2 Å². The van der Waals surface area contributed by atoms with Crippen molar-refractivity contribution < 1.29 is 22.8 Å². The van der Waals surface area contributed by atoms with Gasteiger partial charge in [0, 0.05) is 24.0 Å². The standard InChI is InChI=1S/C20H23N3O5S/c1-3-18(20(26)23-17-11-9-16(10-12-17)21-14(2)24)29(27,28)13-19(25)22-15-7-5-4-6-8-15/h4-12,18H,3,13H2,1-2H3,(H,21,24)(H,22,25)(H,23,26). The van der Waals surface area contributed by atoms with Crippen LogP contribution in [0.2, 0.25) is 0 Å². The van der Waals surface area contributed by atoms with E-state index in [1.807, 2.05) is 0 Å². The van der Waals surface area contributed by atoms with Gasteiger partial charge in [0.25, 0.3) is 0 Å². The fourth-order valence-corrected chi connectivity index (χ4v) is 4.20. The Morgan fingerprint density at radius 2 is 1.34 bits per heavy atom. The van der Waals surface area contributed by atoms with Crippen LogP contribution in [0.1, 0.15) is 20.3 Å². The molecule has 3 N–H and O–H groups in total. The van der Waals surface area contributed by atoms with Crippen LogP contribution < -0.4 is 16.0 Å². The smallest absolute Gasteiger partial charge is 0.242 e. The number of amides is 3. The monoisotopic (exact) mass is 417 g/mol. The fraction of sp³-hybridized carbons (Fsp3) is 0.250. The van der Waals surface area contributed by atoms with E-state index in [1.54, 1.807) is 61.5 Å². The Labute approximate surface area is 169 Å². The lowest BCUT2D eigenvalue weighted by molar-refractivity contribution is -0.116. The topological polar surface area (TPSA) is 121 Å². The van der Waals surface area contributed by atoms with Gasteiger partial charge in [-0.15, -0.1) is 0 Å². The van der Waals surface area contributed by atoms with Gasteiger partial charge in [-0.3, -0.25) is 14.4 Å². The van der Waals surface area contributed by atoms with Crippen molar-refractivity contribution in [1.82, 2.24) is 0 Å². The molecule has 29 heavy (non-hydrogen) atoms. The summed E-state index contributed by atoms with van der Waals surface area (Å²) in [6.07, 6.45) is 0.0246. The Kier molecular flexibility index (Phi) is 7.49. The number of rotatable bonds is 8. The van der Waals surface area contributed by atoms with Crippen molar-refractivity contribution in [3.8, 4) is 0 Å². The van der Waals surface area contributed by atoms with E-state index >= 15 is 0 Å². The van der Waals surface area contributed by atoms with E-state index in [-0.39, 0.29) is 12.3 Å². The van der Waals surface area contributed by atoms with E-state index in [1.165, 1.54) is 6.92 Å². The van der Waals surface area contributed by atoms with Crippen LogP contribution in [0.4, 0.5) is 17.1 Å². The van der Waals surface area contributed by atoms with Gasteiger partial charge in [0.05, 0.1) is 0 Å². The molecule has 1 unspecified atom stereocenters. The molecule has 0 bridgehead atoms. The van der Waals surface area contributed by atoms with Crippen LogP contribution in [-0.4, -0.2) is 37.1 Å². The highest BCUT2D eigenvalue weighted by molar-refractivity contribution is 7.93. The molecule has 1 atom stereocenters. The summed E-state index contributed by atoms with van der Waals surface area (Å²) in [6.45, 7) is 2.94. The maximum absolute atomic E-state index is 12.6. The minimum absolute atomic E-state index is 0.0246. The molecule has 0 aliphatic rings. The van der Waals surface area contributed by atoms with Gasteiger partial charge in [-0.05, 0) is 42.8 Å². The summed E-state index contributed by atoms with van der Waals surface area (Å²) in [5.41, 5.74) is 1.41. The Hall–Kier alpha value is -3.20. The molecular weight excluding hydrogens is 394 g/mol. The van der Waals surface area contributed by atoms with Gasteiger partial charge in [-0.25, -0.2) is 8.42 Å². The van der Waals surface area contributed by atoms with Crippen molar-refractivity contribution in [3.63, 3.8) is 0 Å². The maximum Gasteiger partial charge on any atom is 0.242 e. The highest BCUT2D eigenvalue weighted by atomic mass is 32.2. The van der Waals surface area contributed by atoms with Crippen LogP contribution in [0.3, 0.4) is 0 Å². The molecule has 0 saturated heterocycles. The number of benzene rings is 2. The molecule has 3 amide bonds. The fourth-order valence-electron chi connectivity index (χ4n) is 2.67. The lowest BCUT2D eigenvalue weighted by Crippen LogP contribution is -2.39. The molecule has 0 aliphatic heterocycles. The van der Waals surface area contributed by atoms with Crippen LogP contribution in [0.5, 0.6) is 0 Å². The van der Waals surface area contributed by atoms with Crippen molar-refractivity contribution in [2.24, 2.45) is 0 Å². The number of carbonyl (C=O) groups excluding carboxylic acids is 3. The first-order valence-corrected chi connectivity index (χ1v) is 10.7. The van der Waals surface area contributed by atoms with Gasteiger partial charge in [0.1, 0.15) is 11.0 Å². The Morgan fingerprint density at radius 1 is 0.828 bits per heavy atom. The highest BCUT2D eigenvalue weighted by Gasteiger charge is 2.33. The average molecular weight is 417 g/mol. The van der Waals surface area contributed by atoms with Gasteiger partial charge in [-0.2, -0.15) is 0 Å². The number of sulfone groups is 1. The third-order valence-electron chi connectivity index (χ3n) is 3.96. The third-order valence-corrected chi connectivity index (χ3v) is 6.04. The van der Waals surface area contributed by atoms with Crippen LogP contribution in [0.15, 0.2) is 54.6 Å². The predicted molar refractivity (Wildman–Crippen MR) is 112 cm³/mol. The summed E-state index contributed by atoms with van der Waals surface area (Å²) in [6, 6.07) is 14.7. The summed E-state index contributed by atoms with van der Waals surface area (Å²) in [5, 5.41) is 6.27. The van der Waals surface area contributed by atoms with Crippen molar-refractivity contribution in [1.29, 1.82) is 0 Å². The third kappa shape index (κ3) is 6.72. The van der Waals surface area contributed by atoms with Crippen molar-refractivity contribution in [2.45, 2.75) is 25.5 Å². The first kappa shape index (κ1) is 22.1. The Balaban J connectivity index is 2.03. The van der Waals surface area contributed by atoms with Crippen LogP contribution >= 0.6 is 0 Å². The van der Waals surface area contributed by atoms with Crippen molar-refractivity contribution in [3.05, 3.63) is 54.6 Å². The minimum Gasteiger partial charge on any atom is -0.326 e. The number of hydrogen-bond donors (Lipinski definition) is 3. The van der Waals surface area contributed by atoms with Gasteiger partial charge in [0.2, 0.25) is 17.7 Å². The maximum atomic E-state index is 12.6. The molecular formula is C20H23N3O5S. The summed E-state index contributed by atoms with van der Waals surface area (Å²) in [7, 11) is -4.02. The summed E-state index contributed by atoms with van der Waals surface area (Å²) in [4.78, 5) is 35.6. The summed E-state index contributed by atoms with van der Waals surface area (Å²) < 4.78 is 25.2. The number of anilines is 3. The minimum atomic E-state index is -4.02. The molecule has 154 valence electrons. The number of para-hydroxylation sites is 1. The van der Waals surface area contributed by atoms with Crippen LogP contribution in [0.25, 0.3) is 0 Å². The molecule has 2 aromatic carbocycles. The molecule has 0 saturated carbocycles. The van der Waals surface area contributed by atoms with E-state index in [0.717, 1.165) is 0 Å². The van der Waals surface area contributed by atoms with Crippen molar-refractivity contribution in [2.75, 3.05) is 21.7 Å². The molecule has 0 fully saturated rings. The molecule has 8 nitrogen and oxygen atoms in total. The highest BCUT2D eigenvalue weighted by Crippen LogP contribution is 2.16. The largest absolute Gasteiger partial charge is 0.326 e. The lowest BCUT2D eigenvalue weighted by atomic mass is 10.2. The average Bonchev–Trinajstić information content (AvgIpc) is 2.63. The Bertz CT molecular complexity index is 973. The zero-order valence-electron chi connectivity index (χ0n) is 16.1. The predicted octanol–water partition coefficient (Wildman–Crippen LogP) is 2.42. The molecule has 0 aromatic heterocycles. The van der Waals surface area contributed by atoms with Gasteiger partial charge < -0.3 is 16.0 Å². The molecule has 2 rings (SSSR count). The van der Waals surface area contributed by atoms with Gasteiger partial charge in [0.15, 0.2) is 9.84 Å². The quantitative estimate of drug-likeness (QED) is 0.609. The molecule has 0 spiro atoms. The Morgan fingerprint density at radius 3 is 1.86 bits per heavy atom. The van der Waals surface area contributed by atoms with E-state index in [4.69, 9.17) is 0 Å². The number of hydrogen-bond acceptors (Lipinski definition) is 5. The normalized spacial score (nSPS) is 11.9. The van der Waals surface area contributed by atoms with E-state index in [2.05, 4.69) is 16.0 Å². The SMILES string of the molecule is CCC(C(=O)Nc1ccc(NC(C)=O)cc1)S(=O)(=O)CC(=O)Nc1ccccc1. The summed E-state index contributed by atoms with van der Waals surface area (Å²) in [5.74, 6) is -2.45. The molecule has 0 radical (unpaired) electrons. The van der Waals surface area contributed by atoms with E-state index < -0.39 is 32.7 Å². The summed E-state index contributed by atoms with van der Waals surface area (Å²) >= 11 is 0. The zero-order valence-corrected chi connectivity index (χ0v) is 17.0. The van der Waals surface area contributed by atoms with Gasteiger partial charge in [-0.1, -0.05) is 25.1 Å². The van der Waals surface area contributed by atoms with E-state index in [9.17, 15) is 22.8 Å². The molecule has 0 heterocycles. The first-order chi connectivity index (χ1) is 13.7. The first-order valence-electron chi connectivity index (χ1n) is 8.96. The zero-order chi connectivity index (χ0) is 21.4. The number of carbonyl (C=O) groups is 3. The molecule has 0 aliphatic carbocycles. The second-order valence-electron chi connectivity index (χ2n) is 6.37. The molecule has 2 aromatic rings. The van der Waals surface area contributed by atoms with Gasteiger partial charge >= 0.3 is 0 Å². The molecule has 9 heteroatoms. The van der Waals surface area contributed by atoms with Crippen LogP contribution in [0, 0.1) is 0 Å². The number of nitrogens with one attached hydrogen (secondary N) is 3. The lowest BCUT2D eigenvalue weighted by Gasteiger charge is -2.16. The van der Waals surface area contributed by atoms with Crippen molar-refractivity contribution >= 4 is 44.6 Å².